The number of amides is 3. The Hall–Kier alpha value is -1.59. The lowest BCUT2D eigenvalue weighted by Crippen LogP contribution is -2.46. The van der Waals surface area contributed by atoms with Crippen molar-refractivity contribution in [3.63, 3.8) is 0 Å². The van der Waals surface area contributed by atoms with E-state index in [0.717, 1.165) is 30.6 Å². The fraction of sp³-hybridized carbons (Fsp3) is 0.727. The van der Waals surface area contributed by atoms with Crippen LogP contribution in [0.4, 0.5) is 4.79 Å². The van der Waals surface area contributed by atoms with Crippen LogP contribution >= 0.6 is 0 Å². The zero-order chi connectivity index (χ0) is 12.5. The van der Waals surface area contributed by atoms with Crippen LogP contribution in [0.2, 0.25) is 0 Å². The molecule has 1 saturated carbocycles. The maximum absolute atomic E-state index is 12.2. The van der Waals surface area contributed by atoms with Crippen molar-refractivity contribution < 1.29 is 19.5 Å². The molecule has 94 valence electrons. The Kier molecular flexibility index (Phi) is 3.04. The molecule has 1 aliphatic heterocycles. The Morgan fingerprint density at radius 2 is 1.82 bits per heavy atom. The van der Waals surface area contributed by atoms with Crippen LogP contribution in [-0.4, -0.2) is 40.0 Å². The summed E-state index contributed by atoms with van der Waals surface area (Å²) in [6.45, 7) is -0.549. The van der Waals surface area contributed by atoms with Crippen LogP contribution in [-0.2, 0) is 9.59 Å². The fourth-order valence-electron chi connectivity index (χ4n) is 2.63. The van der Waals surface area contributed by atoms with Gasteiger partial charge in [0.25, 0.3) is 5.91 Å². The van der Waals surface area contributed by atoms with Crippen LogP contribution in [0.1, 0.15) is 38.5 Å². The fourth-order valence-corrected chi connectivity index (χ4v) is 2.63. The van der Waals surface area contributed by atoms with Gasteiger partial charge in [-0.25, -0.2) is 4.79 Å². The topological polar surface area (TPSA) is 86.7 Å². The quantitative estimate of drug-likeness (QED) is 0.696. The van der Waals surface area contributed by atoms with E-state index in [0.29, 0.717) is 12.8 Å². The van der Waals surface area contributed by atoms with Crippen LogP contribution < -0.4 is 5.32 Å². The minimum Gasteiger partial charge on any atom is -0.480 e. The molecule has 2 fully saturated rings. The summed E-state index contributed by atoms with van der Waals surface area (Å²) in [7, 11) is 0. The van der Waals surface area contributed by atoms with Crippen molar-refractivity contribution in [1.29, 1.82) is 0 Å². The minimum atomic E-state index is -1.17. The van der Waals surface area contributed by atoms with Gasteiger partial charge in [0.2, 0.25) is 0 Å². The summed E-state index contributed by atoms with van der Waals surface area (Å²) < 4.78 is 0. The van der Waals surface area contributed by atoms with E-state index < -0.39 is 24.1 Å². The average Bonchev–Trinajstić information content (AvgIpc) is 2.48. The van der Waals surface area contributed by atoms with Crippen LogP contribution in [0.3, 0.4) is 0 Å². The number of carboxylic acids is 1. The van der Waals surface area contributed by atoms with Gasteiger partial charge in [-0.1, -0.05) is 25.7 Å². The number of nitrogens with one attached hydrogen (secondary N) is 1. The molecular weight excluding hydrogens is 224 g/mol. The summed E-state index contributed by atoms with van der Waals surface area (Å²) >= 11 is 0. The van der Waals surface area contributed by atoms with Gasteiger partial charge in [-0.3, -0.25) is 14.5 Å². The molecule has 6 heteroatoms. The van der Waals surface area contributed by atoms with Gasteiger partial charge in [0.1, 0.15) is 12.1 Å². The number of carbonyl (C=O) groups excluding carboxylic acids is 2. The third-order valence-electron chi connectivity index (χ3n) is 3.50. The van der Waals surface area contributed by atoms with Crippen LogP contribution in [0.25, 0.3) is 0 Å². The molecule has 1 aliphatic carbocycles. The summed E-state index contributed by atoms with van der Waals surface area (Å²) in [5.41, 5.74) is -0.830. The van der Waals surface area contributed by atoms with Crippen molar-refractivity contribution in [2.24, 2.45) is 0 Å². The van der Waals surface area contributed by atoms with Gasteiger partial charge in [0.15, 0.2) is 0 Å². The maximum atomic E-state index is 12.2. The molecule has 2 N–H and O–H groups in total. The Bertz CT molecular complexity index is 358. The second kappa shape index (κ2) is 4.35. The van der Waals surface area contributed by atoms with E-state index in [4.69, 9.17) is 5.11 Å². The summed E-state index contributed by atoms with van der Waals surface area (Å²) in [5, 5.41) is 11.4. The van der Waals surface area contributed by atoms with Gasteiger partial charge in [0, 0.05) is 0 Å². The number of carbonyl (C=O) groups is 3. The highest BCUT2D eigenvalue weighted by molar-refractivity contribution is 6.08. The summed E-state index contributed by atoms with van der Waals surface area (Å²) in [6, 6.07) is -0.570. The van der Waals surface area contributed by atoms with E-state index in [-0.39, 0.29) is 5.91 Å². The minimum absolute atomic E-state index is 0.369. The van der Waals surface area contributed by atoms with Crippen LogP contribution in [0.5, 0.6) is 0 Å². The highest BCUT2D eigenvalue weighted by atomic mass is 16.4. The Balaban J connectivity index is 2.18. The molecule has 0 aromatic rings. The number of rotatable bonds is 2. The molecule has 0 radical (unpaired) electrons. The monoisotopic (exact) mass is 240 g/mol. The lowest BCUT2D eigenvalue weighted by atomic mass is 9.90. The van der Waals surface area contributed by atoms with Gasteiger partial charge in [-0.2, -0.15) is 0 Å². The van der Waals surface area contributed by atoms with E-state index in [2.05, 4.69) is 5.32 Å². The van der Waals surface area contributed by atoms with E-state index >= 15 is 0 Å². The Labute approximate surface area is 99.0 Å². The van der Waals surface area contributed by atoms with Crippen molar-refractivity contribution in [3.05, 3.63) is 0 Å². The molecule has 0 unspecified atom stereocenters. The molecule has 3 amide bonds. The molecule has 1 spiro atoms. The van der Waals surface area contributed by atoms with Crippen LogP contribution in [0.15, 0.2) is 0 Å². The van der Waals surface area contributed by atoms with Gasteiger partial charge in [-0.05, 0) is 12.8 Å². The largest absolute Gasteiger partial charge is 0.480 e. The highest BCUT2D eigenvalue weighted by Crippen LogP contribution is 2.32. The van der Waals surface area contributed by atoms with E-state index in [1.807, 2.05) is 0 Å². The molecule has 2 aliphatic rings. The van der Waals surface area contributed by atoms with Gasteiger partial charge < -0.3 is 10.4 Å². The first-order valence-electron chi connectivity index (χ1n) is 5.91. The molecule has 0 aromatic carbocycles. The average molecular weight is 240 g/mol. The lowest BCUT2D eigenvalue weighted by molar-refractivity contribution is -0.143. The Morgan fingerprint density at radius 3 is 2.35 bits per heavy atom. The van der Waals surface area contributed by atoms with Crippen molar-refractivity contribution >= 4 is 17.9 Å². The van der Waals surface area contributed by atoms with Gasteiger partial charge in [0.05, 0.1) is 0 Å². The molecule has 0 atom stereocenters. The van der Waals surface area contributed by atoms with Crippen molar-refractivity contribution in [1.82, 2.24) is 10.2 Å². The predicted molar refractivity (Wildman–Crippen MR) is 58.3 cm³/mol. The maximum Gasteiger partial charge on any atom is 0.325 e. The molecule has 6 nitrogen and oxygen atoms in total. The van der Waals surface area contributed by atoms with Gasteiger partial charge >= 0.3 is 12.0 Å². The zero-order valence-electron chi connectivity index (χ0n) is 9.57. The van der Waals surface area contributed by atoms with E-state index in [1.165, 1.54) is 0 Å². The SMILES string of the molecule is O=C(O)CN1C(=O)NC2(CCCCCC2)C1=O. The number of aliphatic carboxylic acids is 1. The summed E-state index contributed by atoms with van der Waals surface area (Å²) in [4.78, 5) is 35.2. The number of hydrogen-bond donors (Lipinski definition) is 2. The molecule has 0 aromatic heterocycles. The molecule has 17 heavy (non-hydrogen) atoms. The molecule has 2 rings (SSSR count). The number of urea groups is 1. The molecule has 0 bridgehead atoms. The normalized spacial score (nSPS) is 23.6. The third-order valence-corrected chi connectivity index (χ3v) is 3.50. The van der Waals surface area contributed by atoms with Crippen molar-refractivity contribution in [2.75, 3.05) is 6.54 Å². The van der Waals surface area contributed by atoms with Crippen molar-refractivity contribution in [3.8, 4) is 0 Å². The highest BCUT2D eigenvalue weighted by Gasteiger charge is 2.51. The number of imide groups is 1. The smallest absolute Gasteiger partial charge is 0.325 e. The van der Waals surface area contributed by atoms with Gasteiger partial charge in [-0.15, -0.1) is 0 Å². The van der Waals surface area contributed by atoms with E-state index in [9.17, 15) is 14.4 Å². The number of hydrogen-bond acceptors (Lipinski definition) is 3. The number of carboxylic acid groups (broad SMARTS) is 1. The van der Waals surface area contributed by atoms with Crippen LogP contribution in [0, 0.1) is 0 Å². The van der Waals surface area contributed by atoms with E-state index in [1.54, 1.807) is 0 Å². The number of nitrogens with zero attached hydrogens (tertiary/aromatic N) is 1. The molecular formula is C11H16N2O4. The second-order valence-electron chi connectivity index (χ2n) is 4.71. The summed E-state index contributed by atoms with van der Waals surface area (Å²) in [5.74, 6) is -1.54. The first-order chi connectivity index (χ1) is 8.05. The second-order valence-corrected chi connectivity index (χ2v) is 4.71. The first kappa shape index (κ1) is 11.9. The predicted octanol–water partition coefficient (Wildman–Crippen LogP) is 0.716. The lowest BCUT2D eigenvalue weighted by Gasteiger charge is -2.24. The van der Waals surface area contributed by atoms with Crippen molar-refractivity contribution in [2.45, 2.75) is 44.1 Å². The molecule has 1 saturated heterocycles. The first-order valence-corrected chi connectivity index (χ1v) is 5.91. The Morgan fingerprint density at radius 1 is 1.24 bits per heavy atom. The zero-order valence-corrected chi connectivity index (χ0v) is 9.57. The third kappa shape index (κ3) is 2.11. The molecule has 1 heterocycles. The summed E-state index contributed by atoms with van der Waals surface area (Å²) in [6.07, 6.45) is 5.15. The standard InChI is InChI=1S/C11H16N2O4/c14-8(15)7-13-9(16)11(12-10(13)17)5-3-1-2-4-6-11/h1-7H2,(H,12,17)(H,14,15).